The fourth-order valence-corrected chi connectivity index (χ4v) is 1.60. The predicted octanol–water partition coefficient (Wildman–Crippen LogP) is 2.98. The van der Waals surface area contributed by atoms with E-state index in [-0.39, 0.29) is 5.56 Å². The van der Waals surface area contributed by atoms with E-state index in [1.54, 1.807) is 0 Å². The molecule has 0 bridgehead atoms. The molecule has 1 aromatic carbocycles. The highest BCUT2D eigenvalue weighted by molar-refractivity contribution is 6.08. The van der Waals surface area contributed by atoms with Crippen LogP contribution in [0.15, 0.2) is 24.0 Å². The van der Waals surface area contributed by atoms with Crippen LogP contribution in [0.1, 0.15) is 23.2 Å². The van der Waals surface area contributed by atoms with E-state index in [0.717, 1.165) is 0 Å². The van der Waals surface area contributed by atoms with Gasteiger partial charge >= 0.3 is 0 Å². The third kappa shape index (κ3) is 2.33. The molecular formula is C12H9F3O2. The number of carbonyl (C=O) groups excluding carboxylic acids is 1. The normalized spacial score (nSPS) is 15.1. The Balaban J connectivity index is 2.34. The summed E-state index contributed by atoms with van der Waals surface area (Å²) in [5.41, 5.74) is 0.125. The summed E-state index contributed by atoms with van der Waals surface area (Å²) in [5, 5.41) is 0. The van der Waals surface area contributed by atoms with Crippen LogP contribution in [0.4, 0.5) is 13.2 Å². The highest BCUT2D eigenvalue weighted by Crippen LogP contribution is 2.20. The minimum atomic E-state index is -1.57. The Morgan fingerprint density at radius 1 is 1.18 bits per heavy atom. The topological polar surface area (TPSA) is 26.3 Å². The van der Waals surface area contributed by atoms with Gasteiger partial charge in [-0.05, 0) is 25.0 Å². The average molecular weight is 242 g/mol. The lowest BCUT2D eigenvalue weighted by molar-refractivity contribution is 0.101. The van der Waals surface area contributed by atoms with E-state index in [0.29, 0.717) is 37.2 Å². The summed E-state index contributed by atoms with van der Waals surface area (Å²) in [7, 11) is 0. The lowest BCUT2D eigenvalue weighted by Crippen LogP contribution is -2.10. The van der Waals surface area contributed by atoms with Crippen molar-refractivity contribution in [2.75, 3.05) is 6.61 Å². The number of benzene rings is 1. The van der Waals surface area contributed by atoms with E-state index < -0.39 is 23.2 Å². The molecule has 0 aromatic heterocycles. The SMILES string of the molecule is O=C(C1=COCCC1)c1cc(F)c(F)c(F)c1. The second kappa shape index (κ2) is 4.61. The molecule has 0 amide bonds. The lowest BCUT2D eigenvalue weighted by Gasteiger charge is -2.12. The summed E-state index contributed by atoms with van der Waals surface area (Å²) in [4.78, 5) is 11.8. The van der Waals surface area contributed by atoms with Crippen LogP contribution in [0, 0.1) is 17.5 Å². The number of hydrogen-bond acceptors (Lipinski definition) is 2. The van der Waals surface area contributed by atoms with Gasteiger partial charge in [-0.1, -0.05) is 0 Å². The van der Waals surface area contributed by atoms with Crippen LogP contribution in [0.25, 0.3) is 0 Å². The van der Waals surface area contributed by atoms with Gasteiger partial charge in [-0.25, -0.2) is 13.2 Å². The molecule has 0 saturated carbocycles. The van der Waals surface area contributed by atoms with Crippen molar-refractivity contribution in [2.45, 2.75) is 12.8 Å². The van der Waals surface area contributed by atoms with Crippen LogP contribution >= 0.6 is 0 Å². The standard InChI is InChI=1S/C12H9F3O2/c13-9-4-8(5-10(14)11(9)15)12(16)7-2-1-3-17-6-7/h4-6H,1-3H2. The zero-order chi connectivity index (χ0) is 12.4. The molecule has 1 heterocycles. The molecule has 0 N–H and O–H groups in total. The maximum absolute atomic E-state index is 12.9. The molecule has 0 aliphatic carbocycles. The zero-order valence-electron chi connectivity index (χ0n) is 8.80. The fourth-order valence-electron chi connectivity index (χ4n) is 1.60. The number of rotatable bonds is 2. The molecule has 0 atom stereocenters. The summed E-state index contributed by atoms with van der Waals surface area (Å²) in [6.07, 6.45) is 2.44. The number of Topliss-reactive ketones (excluding diaryl/α,β-unsaturated/α-hetero) is 1. The van der Waals surface area contributed by atoms with Gasteiger partial charge in [0.1, 0.15) is 0 Å². The molecule has 1 aliphatic rings. The Morgan fingerprint density at radius 2 is 1.82 bits per heavy atom. The Hall–Kier alpha value is -1.78. The minimum Gasteiger partial charge on any atom is -0.501 e. The number of ketones is 1. The summed E-state index contributed by atoms with van der Waals surface area (Å²) >= 11 is 0. The van der Waals surface area contributed by atoms with Gasteiger partial charge in [0.05, 0.1) is 12.9 Å². The molecule has 0 unspecified atom stereocenters. The van der Waals surface area contributed by atoms with Gasteiger partial charge in [0.15, 0.2) is 23.2 Å². The Kier molecular flexibility index (Phi) is 3.17. The summed E-state index contributed by atoms with van der Waals surface area (Å²) < 4.78 is 43.6. The second-order valence-electron chi connectivity index (χ2n) is 3.70. The highest BCUT2D eigenvalue weighted by atomic mass is 19.2. The van der Waals surface area contributed by atoms with Crippen LogP contribution in [-0.4, -0.2) is 12.4 Å². The summed E-state index contributed by atoms with van der Waals surface area (Å²) in [5.74, 6) is -4.85. The first-order valence-electron chi connectivity index (χ1n) is 5.09. The van der Waals surface area contributed by atoms with E-state index in [2.05, 4.69) is 0 Å². The van der Waals surface area contributed by atoms with E-state index >= 15 is 0 Å². The van der Waals surface area contributed by atoms with Gasteiger partial charge in [-0.2, -0.15) is 0 Å². The van der Waals surface area contributed by atoms with Gasteiger partial charge in [0, 0.05) is 11.1 Å². The van der Waals surface area contributed by atoms with Gasteiger partial charge in [0.2, 0.25) is 0 Å². The number of allylic oxidation sites excluding steroid dienone is 1. The van der Waals surface area contributed by atoms with Crippen LogP contribution in [0.3, 0.4) is 0 Å². The Morgan fingerprint density at radius 3 is 2.35 bits per heavy atom. The average Bonchev–Trinajstić information content (AvgIpc) is 2.35. The van der Waals surface area contributed by atoms with Crippen molar-refractivity contribution in [3.05, 3.63) is 47.0 Å². The van der Waals surface area contributed by atoms with E-state index in [1.807, 2.05) is 0 Å². The van der Waals surface area contributed by atoms with Gasteiger partial charge in [-0.3, -0.25) is 4.79 Å². The van der Waals surface area contributed by atoms with Crippen LogP contribution < -0.4 is 0 Å². The third-order valence-corrected chi connectivity index (χ3v) is 2.47. The van der Waals surface area contributed by atoms with Crippen LogP contribution in [0.5, 0.6) is 0 Å². The zero-order valence-corrected chi connectivity index (χ0v) is 8.80. The molecular weight excluding hydrogens is 233 g/mol. The Labute approximate surface area is 95.7 Å². The number of carbonyl (C=O) groups is 1. The van der Waals surface area contributed by atoms with Crippen LogP contribution in [0.2, 0.25) is 0 Å². The maximum Gasteiger partial charge on any atom is 0.194 e. The Bertz CT molecular complexity index is 472. The molecule has 2 rings (SSSR count). The van der Waals surface area contributed by atoms with E-state index in [9.17, 15) is 18.0 Å². The molecule has 17 heavy (non-hydrogen) atoms. The molecule has 1 aliphatic heterocycles. The number of halogens is 3. The molecule has 5 heteroatoms. The molecule has 0 spiro atoms. The van der Waals surface area contributed by atoms with E-state index in [1.165, 1.54) is 6.26 Å². The lowest BCUT2D eigenvalue weighted by atomic mass is 9.99. The quantitative estimate of drug-likeness (QED) is 0.588. The van der Waals surface area contributed by atoms with Crippen molar-refractivity contribution in [2.24, 2.45) is 0 Å². The second-order valence-corrected chi connectivity index (χ2v) is 3.70. The maximum atomic E-state index is 12.9. The van der Waals surface area contributed by atoms with Crippen molar-refractivity contribution in [1.82, 2.24) is 0 Å². The molecule has 0 fully saturated rings. The first-order chi connectivity index (χ1) is 8.09. The first-order valence-corrected chi connectivity index (χ1v) is 5.09. The van der Waals surface area contributed by atoms with Gasteiger partial charge in [-0.15, -0.1) is 0 Å². The summed E-state index contributed by atoms with van der Waals surface area (Å²) in [6.45, 7) is 0.517. The smallest absolute Gasteiger partial charge is 0.194 e. The highest BCUT2D eigenvalue weighted by Gasteiger charge is 2.19. The van der Waals surface area contributed by atoms with Crippen molar-refractivity contribution >= 4 is 5.78 Å². The molecule has 1 aromatic rings. The van der Waals surface area contributed by atoms with Gasteiger partial charge < -0.3 is 4.74 Å². The van der Waals surface area contributed by atoms with Crippen molar-refractivity contribution in [3.63, 3.8) is 0 Å². The monoisotopic (exact) mass is 242 g/mol. The van der Waals surface area contributed by atoms with Crippen LogP contribution in [-0.2, 0) is 4.74 Å². The number of hydrogen-bond donors (Lipinski definition) is 0. The third-order valence-electron chi connectivity index (χ3n) is 2.47. The van der Waals surface area contributed by atoms with Crippen molar-refractivity contribution < 1.29 is 22.7 Å². The molecule has 2 nitrogen and oxygen atoms in total. The largest absolute Gasteiger partial charge is 0.501 e. The van der Waals surface area contributed by atoms with Crippen molar-refractivity contribution in [1.29, 1.82) is 0 Å². The molecule has 90 valence electrons. The summed E-state index contributed by atoms with van der Waals surface area (Å²) in [6, 6.07) is 1.38. The van der Waals surface area contributed by atoms with Crippen molar-refractivity contribution in [3.8, 4) is 0 Å². The number of ether oxygens (including phenoxy) is 1. The van der Waals surface area contributed by atoms with Gasteiger partial charge in [0.25, 0.3) is 0 Å². The molecule has 0 radical (unpaired) electrons. The first kappa shape index (κ1) is 11.7. The fraction of sp³-hybridized carbons (Fsp3) is 0.250. The minimum absolute atomic E-state index is 0.210. The van der Waals surface area contributed by atoms with E-state index in [4.69, 9.17) is 4.74 Å². The predicted molar refractivity (Wildman–Crippen MR) is 53.9 cm³/mol. The molecule has 0 saturated heterocycles.